The molecule has 6 heteroatoms. The number of nitrogens with one attached hydrogen (secondary N) is 2. The van der Waals surface area contributed by atoms with Gasteiger partial charge in [-0.15, -0.1) is 0 Å². The van der Waals surface area contributed by atoms with Gasteiger partial charge in [0.05, 0.1) is 10.6 Å². The van der Waals surface area contributed by atoms with E-state index in [2.05, 4.69) is 29.4 Å². The monoisotopic (exact) mass is 395 g/mol. The van der Waals surface area contributed by atoms with Crippen LogP contribution in [0.2, 0.25) is 0 Å². The Morgan fingerprint density at radius 2 is 1.89 bits per heavy atom. The first-order chi connectivity index (χ1) is 13.6. The molecule has 0 aromatic heterocycles. The molecule has 0 saturated heterocycles. The van der Waals surface area contributed by atoms with Crippen LogP contribution in [0.25, 0.3) is 6.08 Å². The van der Waals surface area contributed by atoms with Gasteiger partial charge < -0.3 is 15.5 Å². The maximum absolute atomic E-state index is 12.4. The highest BCUT2D eigenvalue weighted by Crippen LogP contribution is 2.39. The Balaban J connectivity index is 1.67. The first-order valence-corrected chi connectivity index (χ1v) is 10.3. The molecule has 2 amide bonds. The van der Waals surface area contributed by atoms with E-state index in [4.69, 9.17) is 0 Å². The van der Waals surface area contributed by atoms with Gasteiger partial charge in [-0.3, -0.25) is 9.59 Å². The maximum Gasteiger partial charge on any atom is 0.262 e. The molecule has 0 unspecified atom stereocenters. The minimum absolute atomic E-state index is 0.125. The van der Waals surface area contributed by atoms with E-state index in [-0.39, 0.29) is 11.8 Å². The minimum atomic E-state index is -0.152. The number of amides is 2. The summed E-state index contributed by atoms with van der Waals surface area (Å²) >= 11 is 1.42. The van der Waals surface area contributed by atoms with E-state index in [1.807, 2.05) is 42.5 Å². The number of carbonyl (C=O) groups is 2. The lowest BCUT2D eigenvalue weighted by atomic mass is 10.1. The van der Waals surface area contributed by atoms with Gasteiger partial charge in [0.1, 0.15) is 0 Å². The van der Waals surface area contributed by atoms with Crippen molar-refractivity contribution in [1.29, 1.82) is 0 Å². The number of carbonyl (C=O) groups excluding carboxylic acids is 2. The highest BCUT2D eigenvalue weighted by atomic mass is 32.2. The zero-order chi connectivity index (χ0) is 19.9. The Morgan fingerprint density at radius 3 is 2.61 bits per heavy atom. The summed E-state index contributed by atoms with van der Waals surface area (Å²) in [7, 11) is 0. The lowest BCUT2D eigenvalue weighted by Crippen LogP contribution is -2.34. The second-order valence-electron chi connectivity index (χ2n) is 6.47. The van der Waals surface area contributed by atoms with Crippen LogP contribution in [0.3, 0.4) is 0 Å². The summed E-state index contributed by atoms with van der Waals surface area (Å²) < 4.78 is 0. The van der Waals surface area contributed by atoms with E-state index in [0.717, 1.165) is 30.1 Å². The molecule has 1 aliphatic rings. The molecule has 0 fully saturated rings. The number of hydrogen-bond acceptors (Lipinski definition) is 4. The van der Waals surface area contributed by atoms with Gasteiger partial charge in [-0.05, 0) is 42.9 Å². The molecule has 1 heterocycles. The summed E-state index contributed by atoms with van der Waals surface area (Å²) in [6.45, 7) is 7.57. The van der Waals surface area contributed by atoms with Crippen LogP contribution in [0, 0.1) is 0 Å². The van der Waals surface area contributed by atoms with E-state index in [9.17, 15) is 9.59 Å². The van der Waals surface area contributed by atoms with Gasteiger partial charge in [-0.25, -0.2) is 0 Å². The van der Waals surface area contributed by atoms with Crippen LogP contribution in [0.4, 0.5) is 5.69 Å². The van der Waals surface area contributed by atoms with Crippen molar-refractivity contribution in [3.8, 4) is 0 Å². The SMILES string of the molecule is CCN(CC)CCNC(=O)c1ccc2c(c1)NC(=O)/C(=C/c1ccccc1)S2. The Labute approximate surface area is 170 Å². The molecule has 2 aromatic rings. The summed E-state index contributed by atoms with van der Waals surface area (Å²) in [5.41, 5.74) is 2.21. The first-order valence-electron chi connectivity index (χ1n) is 9.51. The normalized spacial score (nSPS) is 14.7. The van der Waals surface area contributed by atoms with E-state index < -0.39 is 0 Å². The van der Waals surface area contributed by atoms with Crippen LogP contribution in [-0.4, -0.2) is 42.9 Å². The quantitative estimate of drug-likeness (QED) is 0.699. The molecular formula is C22H25N3O2S. The molecule has 146 valence electrons. The minimum Gasteiger partial charge on any atom is -0.351 e. The second kappa shape index (κ2) is 9.57. The third-order valence-corrected chi connectivity index (χ3v) is 5.74. The van der Waals surface area contributed by atoms with Gasteiger partial charge in [0.2, 0.25) is 0 Å². The average Bonchev–Trinajstić information content (AvgIpc) is 2.72. The van der Waals surface area contributed by atoms with Gasteiger partial charge in [0, 0.05) is 23.5 Å². The van der Waals surface area contributed by atoms with Gasteiger partial charge in [-0.2, -0.15) is 0 Å². The molecule has 3 rings (SSSR count). The fraction of sp³-hybridized carbons (Fsp3) is 0.273. The van der Waals surface area contributed by atoms with Crippen molar-refractivity contribution in [2.45, 2.75) is 18.7 Å². The van der Waals surface area contributed by atoms with Gasteiger partial charge in [0.15, 0.2) is 0 Å². The zero-order valence-corrected chi connectivity index (χ0v) is 17.0. The summed E-state index contributed by atoms with van der Waals surface area (Å²) in [5.74, 6) is -0.278. The number of fused-ring (bicyclic) bond motifs is 1. The first kappa shape index (κ1) is 20.2. The van der Waals surface area contributed by atoms with E-state index in [1.165, 1.54) is 11.8 Å². The number of likely N-dealkylation sites (N-methyl/N-ethyl adjacent to an activating group) is 1. The molecule has 0 bridgehead atoms. The van der Waals surface area contributed by atoms with Crippen molar-refractivity contribution in [3.05, 3.63) is 64.6 Å². The zero-order valence-electron chi connectivity index (χ0n) is 16.2. The standard InChI is InChI=1S/C22H25N3O2S/c1-3-25(4-2)13-12-23-21(26)17-10-11-19-18(15-17)24-22(27)20(28-19)14-16-8-6-5-7-9-16/h5-11,14-15H,3-4,12-13H2,1-2H3,(H,23,26)(H,24,27)/b20-14-. The Kier molecular flexibility index (Phi) is 6.90. The average molecular weight is 396 g/mol. The van der Waals surface area contributed by atoms with Crippen LogP contribution >= 0.6 is 11.8 Å². The van der Waals surface area contributed by atoms with Crippen molar-refractivity contribution >= 4 is 35.3 Å². The Morgan fingerprint density at radius 1 is 1.14 bits per heavy atom. The van der Waals surface area contributed by atoms with Crippen molar-refractivity contribution in [2.75, 3.05) is 31.5 Å². The Hall–Kier alpha value is -2.57. The topological polar surface area (TPSA) is 61.4 Å². The fourth-order valence-electron chi connectivity index (χ4n) is 2.97. The number of nitrogens with zero attached hydrogens (tertiary/aromatic N) is 1. The van der Waals surface area contributed by atoms with Gasteiger partial charge in [0.25, 0.3) is 11.8 Å². The molecular weight excluding hydrogens is 370 g/mol. The summed E-state index contributed by atoms with van der Waals surface area (Å²) in [6.07, 6.45) is 1.87. The number of rotatable bonds is 7. The van der Waals surface area contributed by atoms with Gasteiger partial charge >= 0.3 is 0 Å². The van der Waals surface area contributed by atoms with E-state index >= 15 is 0 Å². The number of benzene rings is 2. The van der Waals surface area contributed by atoms with Crippen LogP contribution in [0.5, 0.6) is 0 Å². The van der Waals surface area contributed by atoms with E-state index in [1.54, 1.807) is 12.1 Å². The number of thioether (sulfide) groups is 1. The molecule has 5 nitrogen and oxygen atoms in total. The lowest BCUT2D eigenvalue weighted by Gasteiger charge is -2.20. The largest absolute Gasteiger partial charge is 0.351 e. The highest BCUT2D eigenvalue weighted by Gasteiger charge is 2.22. The summed E-state index contributed by atoms with van der Waals surface area (Å²) in [4.78, 5) is 28.7. The molecule has 2 N–H and O–H groups in total. The molecule has 1 aliphatic heterocycles. The van der Waals surface area contributed by atoms with Crippen LogP contribution < -0.4 is 10.6 Å². The van der Waals surface area contributed by atoms with E-state index in [0.29, 0.717) is 22.7 Å². The molecule has 0 spiro atoms. The summed E-state index contributed by atoms with van der Waals surface area (Å²) in [6, 6.07) is 15.2. The fourth-order valence-corrected chi connectivity index (χ4v) is 3.90. The van der Waals surface area contributed by atoms with Crippen LogP contribution in [0.1, 0.15) is 29.8 Å². The molecule has 0 atom stereocenters. The third kappa shape index (κ3) is 5.03. The van der Waals surface area contributed by atoms with Crippen molar-refractivity contribution < 1.29 is 9.59 Å². The predicted octanol–water partition coefficient (Wildman–Crippen LogP) is 3.84. The smallest absolute Gasteiger partial charge is 0.262 e. The third-order valence-electron chi connectivity index (χ3n) is 4.64. The lowest BCUT2D eigenvalue weighted by molar-refractivity contribution is -0.112. The van der Waals surface area contributed by atoms with Crippen LogP contribution in [0.15, 0.2) is 58.3 Å². The molecule has 0 saturated carbocycles. The molecule has 0 radical (unpaired) electrons. The Bertz CT molecular complexity index is 877. The van der Waals surface area contributed by atoms with Crippen LogP contribution in [-0.2, 0) is 4.79 Å². The second-order valence-corrected chi connectivity index (χ2v) is 7.55. The predicted molar refractivity (Wildman–Crippen MR) is 115 cm³/mol. The number of anilines is 1. The van der Waals surface area contributed by atoms with Crippen molar-refractivity contribution in [1.82, 2.24) is 10.2 Å². The van der Waals surface area contributed by atoms with Crippen molar-refractivity contribution in [3.63, 3.8) is 0 Å². The summed E-state index contributed by atoms with van der Waals surface area (Å²) in [5, 5.41) is 5.85. The molecule has 28 heavy (non-hydrogen) atoms. The maximum atomic E-state index is 12.4. The van der Waals surface area contributed by atoms with Crippen molar-refractivity contribution in [2.24, 2.45) is 0 Å². The highest BCUT2D eigenvalue weighted by molar-refractivity contribution is 8.04. The molecule has 2 aromatic carbocycles. The molecule has 0 aliphatic carbocycles. The number of hydrogen-bond donors (Lipinski definition) is 2. The van der Waals surface area contributed by atoms with Gasteiger partial charge in [-0.1, -0.05) is 55.9 Å².